The second-order valence-electron chi connectivity index (χ2n) is 2.93. The van der Waals surface area contributed by atoms with Crippen LogP contribution in [-0.2, 0) is 4.79 Å². The molecule has 0 heterocycles. The Morgan fingerprint density at radius 3 is 2.54 bits per heavy atom. The molecule has 0 aliphatic rings. The molecule has 2 N–H and O–H groups in total. The normalized spacial score (nSPS) is 14.3. The summed E-state index contributed by atoms with van der Waals surface area (Å²) in [6, 6.07) is 0. The summed E-state index contributed by atoms with van der Waals surface area (Å²) in [5.74, 6) is -0.366. The molecule has 0 fully saturated rings. The van der Waals surface area contributed by atoms with Gasteiger partial charge in [-0.3, -0.25) is 4.79 Å². The third-order valence-corrected chi connectivity index (χ3v) is 1.89. The number of nitrogens with one attached hydrogen (secondary N) is 1. The van der Waals surface area contributed by atoms with E-state index in [4.69, 9.17) is 0 Å². The summed E-state index contributed by atoms with van der Waals surface area (Å²) in [7, 11) is 1.50. The van der Waals surface area contributed by atoms with Crippen LogP contribution in [0.15, 0.2) is 25.3 Å². The van der Waals surface area contributed by atoms with Crippen molar-refractivity contribution >= 4 is 5.91 Å². The molecule has 74 valence electrons. The molecule has 1 amide bonds. The van der Waals surface area contributed by atoms with Gasteiger partial charge >= 0.3 is 0 Å². The summed E-state index contributed by atoms with van der Waals surface area (Å²) < 4.78 is 0. The van der Waals surface area contributed by atoms with Gasteiger partial charge in [-0.1, -0.05) is 12.2 Å². The van der Waals surface area contributed by atoms with Crippen molar-refractivity contribution in [3.8, 4) is 0 Å². The minimum absolute atomic E-state index is 0.264. The van der Waals surface area contributed by atoms with E-state index in [0.717, 1.165) is 0 Å². The molecular formula is C10H17NO2. The predicted octanol–water partition coefficient (Wildman–Crippen LogP) is 1.01. The van der Waals surface area contributed by atoms with Gasteiger partial charge in [0.25, 0.3) is 5.91 Å². The number of allylic oxidation sites excluding steroid dienone is 1. The van der Waals surface area contributed by atoms with Crippen molar-refractivity contribution in [2.75, 3.05) is 7.05 Å². The van der Waals surface area contributed by atoms with Crippen LogP contribution in [-0.4, -0.2) is 23.7 Å². The Kier molecular flexibility index (Phi) is 5.07. The Balaban J connectivity index is 4.39. The van der Waals surface area contributed by atoms with Crippen molar-refractivity contribution < 1.29 is 9.90 Å². The molecule has 0 saturated carbocycles. The molecule has 1 atom stereocenters. The molecule has 0 radical (unpaired) electrons. The van der Waals surface area contributed by atoms with Gasteiger partial charge in [-0.05, 0) is 12.8 Å². The molecule has 0 spiro atoms. The maximum Gasteiger partial charge on any atom is 0.252 e. The Labute approximate surface area is 79.2 Å². The number of aliphatic hydroxyl groups is 1. The monoisotopic (exact) mass is 183 g/mol. The van der Waals surface area contributed by atoms with Gasteiger partial charge in [0.2, 0.25) is 0 Å². The average molecular weight is 183 g/mol. The molecule has 0 unspecified atom stereocenters. The van der Waals surface area contributed by atoms with E-state index in [1.54, 1.807) is 12.2 Å². The predicted molar refractivity (Wildman–Crippen MR) is 53.3 cm³/mol. The highest BCUT2D eigenvalue weighted by molar-refractivity contribution is 5.84. The van der Waals surface area contributed by atoms with Gasteiger partial charge in [-0.2, -0.15) is 0 Å². The summed E-state index contributed by atoms with van der Waals surface area (Å²) in [5, 5.41) is 12.3. The first kappa shape index (κ1) is 11.9. The van der Waals surface area contributed by atoms with Gasteiger partial charge in [0.15, 0.2) is 0 Å². The molecule has 0 aromatic heterocycles. The topological polar surface area (TPSA) is 49.3 Å². The zero-order valence-electron chi connectivity index (χ0n) is 8.05. The molecule has 0 bridgehead atoms. The number of carbonyl (C=O) groups excluding carboxylic acids is 1. The first-order valence-electron chi connectivity index (χ1n) is 4.27. The van der Waals surface area contributed by atoms with Crippen molar-refractivity contribution in [3.63, 3.8) is 0 Å². The lowest BCUT2D eigenvalue weighted by molar-refractivity contribution is -0.139. The van der Waals surface area contributed by atoms with Crippen LogP contribution in [0, 0.1) is 0 Å². The van der Waals surface area contributed by atoms with E-state index in [9.17, 15) is 9.90 Å². The summed E-state index contributed by atoms with van der Waals surface area (Å²) in [5.41, 5.74) is -1.33. The van der Waals surface area contributed by atoms with Gasteiger partial charge in [-0.25, -0.2) is 0 Å². The van der Waals surface area contributed by atoms with Gasteiger partial charge < -0.3 is 10.4 Å². The molecule has 13 heavy (non-hydrogen) atoms. The summed E-state index contributed by atoms with van der Waals surface area (Å²) in [6.07, 6.45) is 4.47. The Morgan fingerprint density at radius 1 is 1.54 bits per heavy atom. The molecular weight excluding hydrogens is 166 g/mol. The van der Waals surface area contributed by atoms with Crippen molar-refractivity contribution in [2.24, 2.45) is 0 Å². The lowest BCUT2D eigenvalue weighted by Gasteiger charge is -2.24. The van der Waals surface area contributed by atoms with Crippen LogP contribution in [0.3, 0.4) is 0 Å². The zero-order valence-corrected chi connectivity index (χ0v) is 8.05. The highest BCUT2D eigenvalue weighted by Gasteiger charge is 2.32. The lowest BCUT2D eigenvalue weighted by Crippen LogP contribution is -2.45. The van der Waals surface area contributed by atoms with Crippen LogP contribution in [0.25, 0.3) is 0 Å². The van der Waals surface area contributed by atoms with Crippen LogP contribution in [0.5, 0.6) is 0 Å². The standard InChI is InChI=1S/C10H17NO2/c1-4-6-8-10(13,7-5-2)9(12)11-3/h4-5,13H,1-2,6-8H2,3H3,(H,11,12)/t10-/m0/s1. The fourth-order valence-electron chi connectivity index (χ4n) is 1.12. The van der Waals surface area contributed by atoms with Crippen LogP contribution in [0.1, 0.15) is 19.3 Å². The van der Waals surface area contributed by atoms with Gasteiger partial charge in [0.1, 0.15) is 5.60 Å². The second-order valence-corrected chi connectivity index (χ2v) is 2.93. The van der Waals surface area contributed by atoms with E-state index in [2.05, 4.69) is 18.5 Å². The van der Waals surface area contributed by atoms with E-state index in [1.807, 2.05) is 0 Å². The first-order chi connectivity index (χ1) is 6.10. The van der Waals surface area contributed by atoms with Gasteiger partial charge in [0, 0.05) is 13.5 Å². The van der Waals surface area contributed by atoms with Gasteiger partial charge in [-0.15, -0.1) is 13.2 Å². The number of hydrogen-bond donors (Lipinski definition) is 2. The van der Waals surface area contributed by atoms with Crippen molar-refractivity contribution in [1.29, 1.82) is 0 Å². The number of amides is 1. The van der Waals surface area contributed by atoms with E-state index < -0.39 is 5.60 Å². The fraction of sp³-hybridized carbons (Fsp3) is 0.500. The maximum absolute atomic E-state index is 11.3. The number of rotatable bonds is 6. The minimum atomic E-state index is -1.33. The number of hydrogen-bond acceptors (Lipinski definition) is 2. The highest BCUT2D eigenvalue weighted by Crippen LogP contribution is 2.18. The van der Waals surface area contributed by atoms with E-state index in [1.165, 1.54) is 7.05 Å². The van der Waals surface area contributed by atoms with Crippen LogP contribution in [0.2, 0.25) is 0 Å². The smallest absolute Gasteiger partial charge is 0.252 e. The molecule has 0 aromatic carbocycles. The van der Waals surface area contributed by atoms with E-state index in [-0.39, 0.29) is 12.3 Å². The Bertz CT molecular complexity index is 201. The number of likely N-dealkylation sites (N-methyl/N-ethyl adjacent to an activating group) is 1. The fourth-order valence-corrected chi connectivity index (χ4v) is 1.12. The molecule has 3 heteroatoms. The second kappa shape index (κ2) is 5.54. The number of carbonyl (C=O) groups is 1. The molecule has 0 saturated heterocycles. The minimum Gasteiger partial charge on any atom is -0.380 e. The summed E-state index contributed by atoms with van der Waals surface area (Å²) >= 11 is 0. The average Bonchev–Trinajstić information content (AvgIpc) is 2.14. The third kappa shape index (κ3) is 3.42. The maximum atomic E-state index is 11.3. The Morgan fingerprint density at radius 2 is 2.15 bits per heavy atom. The molecule has 0 aromatic rings. The quantitative estimate of drug-likeness (QED) is 0.604. The largest absolute Gasteiger partial charge is 0.380 e. The zero-order chi connectivity index (χ0) is 10.3. The van der Waals surface area contributed by atoms with Crippen LogP contribution >= 0.6 is 0 Å². The van der Waals surface area contributed by atoms with Crippen LogP contribution in [0.4, 0.5) is 0 Å². The summed E-state index contributed by atoms with van der Waals surface area (Å²) in [6.45, 7) is 7.05. The SMILES string of the molecule is C=CCC[C@@](O)(CC=C)C(=O)NC. The van der Waals surface area contributed by atoms with E-state index >= 15 is 0 Å². The molecule has 0 aliphatic carbocycles. The third-order valence-electron chi connectivity index (χ3n) is 1.89. The lowest BCUT2D eigenvalue weighted by atomic mass is 9.93. The van der Waals surface area contributed by atoms with Crippen molar-refractivity contribution in [3.05, 3.63) is 25.3 Å². The first-order valence-corrected chi connectivity index (χ1v) is 4.27. The molecule has 3 nitrogen and oxygen atoms in total. The van der Waals surface area contributed by atoms with Crippen molar-refractivity contribution in [2.45, 2.75) is 24.9 Å². The Hall–Kier alpha value is -1.09. The van der Waals surface area contributed by atoms with Crippen molar-refractivity contribution in [1.82, 2.24) is 5.32 Å². The molecule has 0 rings (SSSR count). The van der Waals surface area contributed by atoms with Crippen LogP contribution < -0.4 is 5.32 Å². The summed E-state index contributed by atoms with van der Waals surface area (Å²) in [4.78, 5) is 11.3. The van der Waals surface area contributed by atoms with Gasteiger partial charge in [0.05, 0.1) is 0 Å². The highest BCUT2D eigenvalue weighted by atomic mass is 16.3. The molecule has 0 aliphatic heterocycles. The van der Waals surface area contributed by atoms with E-state index in [0.29, 0.717) is 12.8 Å².